The first-order valence-electron chi connectivity index (χ1n) is 12.1. The number of methoxy groups -OCH3 is 1. The summed E-state index contributed by atoms with van der Waals surface area (Å²) in [4.78, 5) is 55.0. The van der Waals surface area contributed by atoms with E-state index in [-0.39, 0.29) is 23.2 Å². The van der Waals surface area contributed by atoms with Crippen LogP contribution >= 0.6 is 11.6 Å². The summed E-state index contributed by atoms with van der Waals surface area (Å²) in [5.41, 5.74) is 0.574. The maximum Gasteiger partial charge on any atom is 0.273 e. The number of hydrogen-bond acceptors (Lipinski definition) is 5. The summed E-state index contributed by atoms with van der Waals surface area (Å²) in [7, 11) is 1.53. The van der Waals surface area contributed by atoms with E-state index < -0.39 is 35.6 Å². The van der Waals surface area contributed by atoms with Gasteiger partial charge in [0.05, 0.1) is 18.9 Å². The number of ether oxygens (including phenoxy) is 1. The van der Waals surface area contributed by atoms with E-state index in [1.165, 1.54) is 19.2 Å². The number of allylic oxidation sites excluding steroid dienone is 2. The normalized spacial score (nSPS) is 30.0. The standard InChI is InChI=1S/C28H25ClN2O5/c1-14(25(32)15-5-9-18(36-2)10-6-15)30(26(33)16-3-7-17(29)8-4-16)31-27(34)23-19-11-12-20(22-13-21(19)22)24(23)28(31)35/h3-12,14,19-24H,13H2,1-2H3/t14-,19-,20-,21-,22-,23+,24+/m0/s1. The van der Waals surface area contributed by atoms with Crippen LogP contribution in [-0.4, -0.2) is 46.7 Å². The first-order chi connectivity index (χ1) is 17.3. The second-order valence-corrected chi connectivity index (χ2v) is 10.5. The summed E-state index contributed by atoms with van der Waals surface area (Å²) in [6.45, 7) is 1.55. The number of imide groups is 1. The number of hydrazine groups is 1. The van der Waals surface area contributed by atoms with Gasteiger partial charge in [0, 0.05) is 16.1 Å². The zero-order chi connectivity index (χ0) is 25.3. The molecule has 0 spiro atoms. The fraction of sp³-hybridized carbons (Fsp3) is 0.357. The lowest BCUT2D eigenvalue weighted by atomic mass is 9.63. The number of hydrogen-bond donors (Lipinski definition) is 0. The molecule has 8 heteroatoms. The van der Waals surface area contributed by atoms with Gasteiger partial charge in [-0.25, -0.2) is 5.01 Å². The van der Waals surface area contributed by atoms with Crippen LogP contribution in [0.3, 0.4) is 0 Å². The second-order valence-electron chi connectivity index (χ2n) is 10.1. The quantitative estimate of drug-likeness (QED) is 0.337. The number of benzene rings is 2. The van der Waals surface area contributed by atoms with Gasteiger partial charge in [0.1, 0.15) is 11.8 Å². The van der Waals surface area contributed by atoms with Crippen LogP contribution in [0.1, 0.15) is 34.1 Å². The molecule has 2 saturated carbocycles. The molecule has 2 aromatic rings. The number of Topliss-reactive ketones (excluding diaryl/α,β-unsaturated/α-hetero) is 1. The first-order valence-corrected chi connectivity index (χ1v) is 12.5. The Hall–Kier alpha value is -3.45. The van der Waals surface area contributed by atoms with Crippen LogP contribution in [0.4, 0.5) is 0 Å². The summed E-state index contributed by atoms with van der Waals surface area (Å²) < 4.78 is 5.17. The monoisotopic (exact) mass is 504 g/mol. The van der Waals surface area contributed by atoms with Gasteiger partial charge in [-0.15, -0.1) is 0 Å². The van der Waals surface area contributed by atoms with Gasteiger partial charge in [-0.1, -0.05) is 23.8 Å². The Morgan fingerprint density at radius 3 is 1.97 bits per heavy atom. The van der Waals surface area contributed by atoms with Crippen molar-refractivity contribution >= 4 is 35.1 Å². The molecule has 4 aliphatic carbocycles. The molecule has 0 N–H and O–H groups in total. The molecule has 3 fully saturated rings. The maximum atomic E-state index is 13.8. The average molecular weight is 505 g/mol. The lowest BCUT2D eigenvalue weighted by molar-refractivity contribution is -0.156. The molecule has 1 aliphatic heterocycles. The van der Waals surface area contributed by atoms with Crippen LogP contribution in [0.5, 0.6) is 5.75 Å². The van der Waals surface area contributed by atoms with Gasteiger partial charge >= 0.3 is 0 Å². The molecule has 1 heterocycles. The number of halogens is 1. The molecule has 2 aromatic carbocycles. The van der Waals surface area contributed by atoms with Gasteiger partial charge in [-0.3, -0.25) is 19.2 Å². The van der Waals surface area contributed by atoms with Crippen molar-refractivity contribution in [3.8, 4) is 5.75 Å². The Morgan fingerprint density at radius 1 is 0.917 bits per heavy atom. The van der Waals surface area contributed by atoms with E-state index in [1.807, 2.05) is 0 Å². The highest BCUT2D eigenvalue weighted by molar-refractivity contribution is 6.30. The lowest BCUT2D eigenvalue weighted by Crippen LogP contribution is -2.56. The molecule has 2 bridgehead atoms. The van der Waals surface area contributed by atoms with Crippen molar-refractivity contribution in [2.75, 3.05) is 7.11 Å². The van der Waals surface area contributed by atoms with Gasteiger partial charge in [0.15, 0.2) is 5.78 Å². The van der Waals surface area contributed by atoms with Crippen molar-refractivity contribution in [3.05, 3.63) is 76.8 Å². The number of carbonyl (C=O) groups is 4. The lowest BCUT2D eigenvalue weighted by Gasteiger charge is -2.37. The zero-order valence-electron chi connectivity index (χ0n) is 19.8. The van der Waals surface area contributed by atoms with Crippen molar-refractivity contribution in [2.24, 2.45) is 35.5 Å². The van der Waals surface area contributed by atoms with Gasteiger partial charge in [-0.05, 0) is 85.5 Å². The van der Waals surface area contributed by atoms with Crippen LogP contribution in [-0.2, 0) is 9.59 Å². The Bertz CT molecular complexity index is 1270. The molecule has 0 aromatic heterocycles. The highest BCUT2D eigenvalue weighted by atomic mass is 35.5. The number of rotatable bonds is 6. The van der Waals surface area contributed by atoms with Crippen LogP contribution in [0.2, 0.25) is 5.02 Å². The molecule has 7 rings (SSSR count). The fourth-order valence-corrected chi connectivity index (χ4v) is 6.55. The Labute approximate surface area is 213 Å². The molecule has 7 atom stereocenters. The summed E-state index contributed by atoms with van der Waals surface area (Å²) in [6, 6.07) is 11.6. The van der Waals surface area contributed by atoms with E-state index in [1.54, 1.807) is 43.3 Å². The molecule has 184 valence electrons. The van der Waals surface area contributed by atoms with E-state index in [0.29, 0.717) is 28.2 Å². The first kappa shape index (κ1) is 23.0. The summed E-state index contributed by atoms with van der Waals surface area (Å²) in [5.74, 6) is -1.31. The Balaban J connectivity index is 1.38. The predicted molar refractivity (Wildman–Crippen MR) is 131 cm³/mol. The zero-order valence-corrected chi connectivity index (χ0v) is 20.6. The maximum absolute atomic E-state index is 13.8. The van der Waals surface area contributed by atoms with E-state index in [2.05, 4.69) is 12.2 Å². The Morgan fingerprint density at radius 2 is 1.44 bits per heavy atom. The van der Waals surface area contributed by atoms with Crippen molar-refractivity contribution in [2.45, 2.75) is 19.4 Å². The van der Waals surface area contributed by atoms with Crippen molar-refractivity contribution in [3.63, 3.8) is 0 Å². The van der Waals surface area contributed by atoms with E-state index >= 15 is 0 Å². The number of nitrogens with zero attached hydrogens (tertiary/aromatic N) is 2. The third-order valence-electron chi connectivity index (χ3n) is 8.28. The van der Waals surface area contributed by atoms with Crippen molar-refractivity contribution in [1.82, 2.24) is 10.0 Å². The number of amides is 3. The minimum absolute atomic E-state index is 0.00605. The van der Waals surface area contributed by atoms with Crippen LogP contribution in [0, 0.1) is 35.5 Å². The highest BCUT2D eigenvalue weighted by Gasteiger charge is 2.68. The topological polar surface area (TPSA) is 84.0 Å². The van der Waals surface area contributed by atoms with Crippen LogP contribution in [0.25, 0.3) is 0 Å². The third kappa shape index (κ3) is 3.33. The van der Waals surface area contributed by atoms with Gasteiger partial charge < -0.3 is 4.74 Å². The van der Waals surface area contributed by atoms with Crippen molar-refractivity contribution in [1.29, 1.82) is 0 Å². The van der Waals surface area contributed by atoms with Crippen LogP contribution in [0.15, 0.2) is 60.7 Å². The number of ketones is 1. The molecule has 1 saturated heterocycles. The number of carbonyl (C=O) groups excluding carboxylic acids is 4. The highest BCUT2D eigenvalue weighted by Crippen LogP contribution is 2.65. The van der Waals surface area contributed by atoms with Crippen molar-refractivity contribution < 1.29 is 23.9 Å². The van der Waals surface area contributed by atoms with Gasteiger partial charge in [0.25, 0.3) is 17.7 Å². The minimum atomic E-state index is -1.10. The average Bonchev–Trinajstić information content (AvgIpc) is 3.68. The fourth-order valence-electron chi connectivity index (χ4n) is 6.43. The van der Waals surface area contributed by atoms with E-state index in [9.17, 15) is 19.2 Å². The molecule has 0 radical (unpaired) electrons. The SMILES string of the molecule is COc1ccc(C(=O)[C@H](C)N(C(=O)c2ccc(Cl)cc2)N2C(=O)[C@@H]3[C@H]4C=C[C@@H]([C@@H]5C[C@@H]45)[C@H]3C2=O)cc1. The third-order valence-corrected chi connectivity index (χ3v) is 8.53. The van der Waals surface area contributed by atoms with Gasteiger partial charge in [0.2, 0.25) is 0 Å². The summed E-state index contributed by atoms with van der Waals surface area (Å²) >= 11 is 6.01. The summed E-state index contributed by atoms with van der Waals surface area (Å²) in [6.07, 6.45) is 5.19. The summed E-state index contributed by atoms with van der Waals surface area (Å²) in [5, 5.41) is 2.47. The molecule has 7 nitrogen and oxygen atoms in total. The second kappa shape index (κ2) is 8.30. The molecule has 0 unspecified atom stereocenters. The molecular weight excluding hydrogens is 480 g/mol. The smallest absolute Gasteiger partial charge is 0.273 e. The minimum Gasteiger partial charge on any atom is -0.497 e. The van der Waals surface area contributed by atoms with E-state index in [4.69, 9.17) is 16.3 Å². The van der Waals surface area contributed by atoms with Gasteiger partial charge in [-0.2, -0.15) is 5.01 Å². The predicted octanol–water partition coefficient (Wildman–Crippen LogP) is 4.03. The Kier molecular flexibility index (Phi) is 5.30. The molecule has 3 amide bonds. The molecule has 36 heavy (non-hydrogen) atoms. The van der Waals surface area contributed by atoms with Crippen LogP contribution < -0.4 is 4.74 Å². The molecule has 5 aliphatic rings. The molecular formula is C28H25ClN2O5. The largest absolute Gasteiger partial charge is 0.497 e. The van der Waals surface area contributed by atoms with E-state index in [0.717, 1.165) is 16.4 Å².